The molecule has 0 unspecified atom stereocenters. The van der Waals surface area contributed by atoms with Gasteiger partial charge < -0.3 is 5.11 Å². The van der Waals surface area contributed by atoms with Crippen molar-refractivity contribution in [1.82, 2.24) is 9.13 Å². The van der Waals surface area contributed by atoms with E-state index in [4.69, 9.17) is 0 Å². The average Bonchev–Trinajstić information content (AvgIpc) is 3.10. The average molecular weight is 447 g/mol. The first kappa shape index (κ1) is 23.1. The lowest BCUT2D eigenvalue weighted by Crippen LogP contribution is -2.29. The van der Waals surface area contributed by atoms with E-state index in [1.54, 1.807) is 12.1 Å². The number of imidazole rings is 1. The summed E-state index contributed by atoms with van der Waals surface area (Å²) < 4.78 is 3.83. The number of aromatic nitrogens is 2. The van der Waals surface area contributed by atoms with E-state index in [0.717, 1.165) is 23.4 Å². The lowest BCUT2D eigenvalue weighted by molar-refractivity contribution is 0.0697. The summed E-state index contributed by atoms with van der Waals surface area (Å²) in [6.07, 6.45) is 8.33. The molecule has 0 aliphatic heterocycles. The highest BCUT2D eigenvalue weighted by molar-refractivity contribution is 5.95. The molecule has 2 aromatic carbocycles. The van der Waals surface area contributed by atoms with E-state index in [0.29, 0.717) is 18.0 Å². The Morgan fingerprint density at radius 3 is 2.30 bits per heavy atom. The molecule has 1 heterocycles. The molecule has 4 rings (SSSR count). The Morgan fingerprint density at radius 1 is 1.00 bits per heavy atom. The van der Waals surface area contributed by atoms with Crippen LogP contribution < -0.4 is 5.69 Å². The smallest absolute Gasteiger partial charge is 0.336 e. The Morgan fingerprint density at radius 2 is 1.67 bits per heavy atom. The monoisotopic (exact) mass is 446 g/mol. The third-order valence-corrected chi connectivity index (χ3v) is 6.76. The van der Waals surface area contributed by atoms with Gasteiger partial charge >= 0.3 is 11.7 Å². The molecule has 0 bridgehead atoms. The van der Waals surface area contributed by atoms with Crippen LogP contribution in [0.25, 0.3) is 11.1 Å². The molecule has 1 aliphatic rings. The number of aromatic carboxylic acids is 1. The zero-order valence-electron chi connectivity index (χ0n) is 19.9. The van der Waals surface area contributed by atoms with Crippen LogP contribution in [0.4, 0.5) is 0 Å². The summed E-state index contributed by atoms with van der Waals surface area (Å²) in [6.45, 7) is 7.75. The van der Waals surface area contributed by atoms with Crippen molar-refractivity contribution >= 4 is 5.97 Å². The number of carboxylic acid groups (broad SMARTS) is 1. The van der Waals surface area contributed by atoms with Gasteiger partial charge in [0.25, 0.3) is 0 Å². The zero-order valence-corrected chi connectivity index (χ0v) is 19.9. The first-order valence-electron chi connectivity index (χ1n) is 12.0. The molecule has 0 radical (unpaired) electrons. The van der Waals surface area contributed by atoms with Gasteiger partial charge in [-0.3, -0.25) is 9.13 Å². The molecule has 0 amide bonds. The number of carbonyl (C=O) groups is 1. The Labute approximate surface area is 195 Å². The number of rotatable bonds is 6. The van der Waals surface area contributed by atoms with E-state index in [1.807, 2.05) is 45.5 Å². The topological polar surface area (TPSA) is 64.2 Å². The van der Waals surface area contributed by atoms with Gasteiger partial charge in [-0.25, -0.2) is 9.59 Å². The summed E-state index contributed by atoms with van der Waals surface area (Å²) in [5, 5.41) is 9.49. The van der Waals surface area contributed by atoms with Crippen molar-refractivity contribution in [3.05, 3.63) is 82.0 Å². The summed E-state index contributed by atoms with van der Waals surface area (Å²) >= 11 is 0. The Balaban J connectivity index is 1.62. The maximum Gasteiger partial charge on any atom is 0.336 e. The Hall–Kier alpha value is -3.08. The summed E-state index contributed by atoms with van der Waals surface area (Å²) in [4.78, 5) is 25.0. The van der Waals surface area contributed by atoms with Crippen LogP contribution in [0.5, 0.6) is 0 Å². The molecular formula is C28H34N2O3. The molecule has 1 aliphatic carbocycles. The molecule has 0 atom stereocenters. The lowest BCUT2D eigenvalue weighted by atomic mass is 9.89. The van der Waals surface area contributed by atoms with Crippen LogP contribution in [0.1, 0.15) is 74.5 Å². The zero-order chi connectivity index (χ0) is 23.6. The highest BCUT2D eigenvalue weighted by atomic mass is 16.4. The fourth-order valence-corrected chi connectivity index (χ4v) is 4.95. The molecule has 0 spiro atoms. The summed E-state index contributed by atoms with van der Waals surface area (Å²) in [5.74, 6) is -0.343. The minimum absolute atomic E-state index is 0.0609. The number of benzene rings is 2. The first-order valence-corrected chi connectivity index (χ1v) is 12.0. The van der Waals surface area contributed by atoms with Crippen LogP contribution in [0.3, 0.4) is 0 Å². The van der Waals surface area contributed by atoms with Crippen molar-refractivity contribution < 1.29 is 9.90 Å². The van der Waals surface area contributed by atoms with Crippen molar-refractivity contribution in [3.63, 3.8) is 0 Å². The van der Waals surface area contributed by atoms with E-state index in [1.165, 1.54) is 32.1 Å². The molecule has 1 saturated carbocycles. The molecular weight excluding hydrogens is 412 g/mol. The van der Waals surface area contributed by atoms with Gasteiger partial charge in [0.05, 0.1) is 12.1 Å². The molecule has 0 saturated heterocycles. The van der Waals surface area contributed by atoms with Gasteiger partial charge in [-0.05, 0) is 41.5 Å². The number of carboxylic acids is 1. The van der Waals surface area contributed by atoms with Crippen molar-refractivity contribution in [2.75, 3.05) is 0 Å². The third-order valence-electron chi connectivity index (χ3n) is 6.76. The third kappa shape index (κ3) is 5.13. The highest BCUT2D eigenvalue weighted by Gasteiger charge is 2.24. The van der Waals surface area contributed by atoms with E-state index >= 15 is 0 Å². The fraction of sp³-hybridized carbons (Fsp3) is 0.429. The van der Waals surface area contributed by atoms with Crippen LogP contribution in [0.2, 0.25) is 0 Å². The fourth-order valence-electron chi connectivity index (χ4n) is 4.95. The van der Waals surface area contributed by atoms with Gasteiger partial charge in [0, 0.05) is 23.9 Å². The van der Waals surface area contributed by atoms with E-state index in [9.17, 15) is 14.7 Å². The summed E-state index contributed by atoms with van der Waals surface area (Å²) in [7, 11) is 0. The van der Waals surface area contributed by atoms with Gasteiger partial charge in [0.2, 0.25) is 0 Å². The van der Waals surface area contributed by atoms with Gasteiger partial charge in [-0.15, -0.1) is 0 Å². The van der Waals surface area contributed by atoms with Crippen molar-refractivity contribution in [2.45, 2.75) is 71.4 Å². The Kier molecular flexibility index (Phi) is 6.59. The lowest BCUT2D eigenvalue weighted by Gasteiger charge is -2.21. The molecule has 5 nitrogen and oxygen atoms in total. The maximum atomic E-state index is 13.4. The normalized spacial score (nSPS) is 15.0. The number of hydrogen-bond acceptors (Lipinski definition) is 2. The van der Waals surface area contributed by atoms with Gasteiger partial charge in [0.1, 0.15) is 0 Å². The Bertz CT molecular complexity index is 1170. The summed E-state index contributed by atoms with van der Waals surface area (Å²) in [5.41, 5.74) is 3.83. The SMILES string of the molecule is CC(C)(C)c1cn(CC2CCCCC2)c(=O)n1Cc1ccc(-c2ccccc2C(=O)O)cc1. The molecule has 1 N–H and O–H groups in total. The minimum atomic E-state index is -0.935. The van der Waals surface area contributed by atoms with E-state index < -0.39 is 5.97 Å². The minimum Gasteiger partial charge on any atom is -0.478 e. The van der Waals surface area contributed by atoms with E-state index in [2.05, 4.69) is 27.0 Å². The van der Waals surface area contributed by atoms with Gasteiger partial charge in [-0.1, -0.05) is 82.5 Å². The number of hydrogen-bond donors (Lipinski definition) is 1. The van der Waals surface area contributed by atoms with Crippen molar-refractivity contribution in [1.29, 1.82) is 0 Å². The van der Waals surface area contributed by atoms with Crippen LogP contribution in [-0.2, 0) is 18.5 Å². The largest absolute Gasteiger partial charge is 0.478 e. The second-order valence-corrected chi connectivity index (χ2v) is 10.3. The van der Waals surface area contributed by atoms with Crippen molar-refractivity contribution in [2.24, 2.45) is 5.92 Å². The van der Waals surface area contributed by atoms with Crippen molar-refractivity contribution in [3.8, 4) is 11.1 Å². The molecule has 174 valence electrons. The summed E-state index contributed by atoms with van der Waals surface area (Å²) in [6, 6.07) is 14.9. The van der Waals surface area contributed by atoms with Crippen LogP contribution in [-0.4, -0.2) is 20.2 Å². The second-order valence-electron chi connectivity index (χ2n) is 10.3. The second kappa shape index (κ2) is 9.42. The molecule has 33 heavy (non-hydrogen) atoms. The maximum absolute atomic E-state index is 13.4. The standard InChI is InChI=1S/C28H34N2O3/c1-28(2,3)25-19-29(17-20-9-5-4-6-10-20)27(33)30(25)18-21-13-15-22(16-14-21)23-11-7-8-12-24(23)26(31)32/h7-8,11-16,19-20H,4-6,9-10,17-18H2,1-3H3,(H,31,32). The first-order chi connectivity index (χ1) is 15.7. The van der Waals surface area contributed by atoms with Crippen LogP contribution >= 0.6 is 0 Å². The van der Waals surface area contributed by atoms with Gasteiger partial charge in [0.15, 0.2) is 0 Å². The predicted octanol–water partition coefficient (Wildman–Crippen LogP) is 5.94. The van der Waals surface area contributed by atoms with E-state index in [-0.39, 0.29) is 16.7 Å². The quantitative estimate of drug-likeness (QED) is 0.509. The number of nitrogens with zero attached hydrogens (tertiary/aromatic N) is 2. The van der Waals surface area contributed by atoms with Crippen LogP contribution in [0.15, 0.2) is 59.5 Å². The highest BCUT2D eigenvalue weighted by Crippen LogP contribution is 2.28. The predicted molar refractivity (Wildman–Crippen MR) is 132 cm³/mol. The molecule has 1 fully saturated rings. The molecule has 3 aromatic rings. The van der Waals surface area contributed by atoms with Gasteiger partial charge in [-0.2, -0.15) is 0 Å². The molecule has 5 heteroatoms. The molecule has 1 aromatic heterocycles. The van der Waals surface area contributed by atoms with Crippen LogP contribution in [0, 0.1) is 5.92 Å².